The summed E-state index contributed by atoms with van der Waals surface area (Å²) in [5.41, 5.74) is 0.124. The molecule has 5 heteroatoms. The van der Waals surface area contributed by atoms with Crippen LogP contribution in [0.1, 0.15) is 25.8 Å². The van der Waals surface area contributed by atoms with Crippen LogP contribution in [0.25, 0.3) is 0 Å². The highest BCUT2D eigenvalue weighted by Crippen LogP contribution is 2.29. The number of thioether (sulfide) groups is 1. The molecule has 0 aliphatic carbocycles. The second-order valence-electron chi connectivity index (χ2n) is 4.11. The van der Waals surface area contributed by atoms with Gasteiger partial charge in [-0.2, -0.15) is 24.9 Å². The maximum absolute atomic E-state index is 12.4. The Kier molecular flexibility index (Phi) is 5.85. The molecule has 0 aliphatic heterocycles. The third-order valence-electron chi connectivity index (χ3n) is 2.52. The Morgan fingerprint density at radius 3 is 2.33 bits per heavy atom. The zero-order valence-corrected chi connectivity index (χ0v) is 11.4. The zero-order valence-electron chi connectivity index (χ0n) is 10.6. The van der Waals surface area contributed by atoms with Crippen molar-refractivity contribution in [1.82, 2.24) is 0 Å². The molecule has 0 aliphatic rings. The van der Waals surface area contributed by atoms with Crippen LogP contribution < -0.4 is 5.32 Å². The van der Waals surface area contributed by atoms with Crippen LogP contribution >= 0.6 is 11.8 Å². The predicted octanol–water partition coefficient (Wildman–Crippen LogP) is 4.65. The molecule has 1 aromatic rings. The minimum Gasteiger partial charge on any atom is -0.383 e. The lowest BCUT2D eigenvalue weighted by atomic mass is 10.2. The van der Waals surface area contributed by atoms with Crippen LogP contribution in [0.4, 0.5) is 18.9 Å². The SMILES string of the molecule is CCSCCC(C)Nc1ccc(C(F)(F)F)cc1. The second-order valence-corrected chi connectivity index (χ2v) is 5.50. The molecule has 1 rings (SSSR count). The van der Waals surface area contributed by atoms with Crippen molar-refractivity contribution in [2.24, 2.45) is 0 Å². The lowest BCUT2D eigenvalue weighted by Crippen LogP contribution is -2.16. The number of alkyl halides is 3. The molecule has 102 valence electrons. The molecule has 0 fully saturated rings. The van der Waals surface area contributed by atoms with E-state index in [9.17, 15) is 13.2 Å². The van der Waals surface area contributed by atoms with Crippen molar-refractivity contribution in [2.75, 3.05) is 16.8 Å². The van der Waals surface area contributed by atoms with Crippen LogP contribution in [0.5, 0.6) is 0 Å². The van der Waals surface area contributed by atoms with Gasteiger partial charge in [0.25, 0.3) is 0 Å². The summed E-state index contributed by atoms with van der Waals surface area (Å²) >= 11 is 1.86. The average Bonchev–Trinajstić information content (AvgIpc) is 2.29. The van der Waals surface area contributed by atoms with Gasteiger partial charge in [-0.3, -0.25) is 0 Å². The van der Waals surface area contributed by atoms with Crippen LogP contribution in [0.15, 0.2) is 24.3 Å². The van der Waals surface area contributed by atoms with Crippen LogP contribution in [-0.2, 0) is 6.18 Å². The first kappa shape index (κ1) is 15.2. The maximum atomic E-state index is 12.4. The van der Waals surface area contributed by atoms with Gasteiger partial charge in [-0.25, -0.2) is 0 Å². The lowest BCUT2D eigenvalue weighted by Gasteiger charge is -2.15. The number of anilines is 1. The molecule has 1 atom stereocenters. The molecular formula is C13H18F3NS. The molecule has 0 heterocycles. The summed E-state index contributed by atoms with van der Waals surface area (Å²) in [6, 6.07) is 5.44. The highest BCUT2D eigenvalue weighted by molar-refractivity contribution is 7.99. The van der Waals surface area contributed by atoms with Gasteiger partial charge in [0.1, 0.15) is 0 Å². The standard InChI is InChI=1S/C13H18F3NS/c1-3-18-9-8-10(2)17-12-6-4-11(5-7-12)13(14,15)16/h4-7,10,17H,3,8-9H2,1-2H3. The number of rotatable bonds is 6. The van der Waals surface area contributed by atoms with Crippen LogP contribution in [0, 0.1) is 0 Å². The van der Waals surface area contributed by atoms with Gasteiger partial charge in [-0.15, -0.1) is 0 Å². The van der Waals surface area contributed by atoms with Crippen molar-refractivity contribution in [2.45, 2.75) is 32.5 Å². The highest BCUT2D eigenvalue weighted by Gasteiger charge is 2.29. The summed E-state index contributed by atoms with van der Waals surface area (Å²) in [5, 5.41) is 3.20. The smallest absolute Gasteiger partial charge is 0.383 e. The highest BCUT2D eigenvalue weighted by atomic mass is 32.2. The van der Waals surface area contributed by atoms with Crippen molar-refractivity contribution in [3.05, 3.63) is 29.8 Å². The topological polar surface area (TPSA) is 12.0 Å². The van der Waals surface area contributed by atoms with E-state index in [0.29, 0.717) is 0 Å². The molecule has 18 heavy (non-hydrogen) atoms. The minimum absolute atomic E-state index is 0.265. The quantitative estimate of drug-likeness (QED) is 0.760. The normalized spacial score (nSPS) is 13.4. The van der Waals surface area contributed by atoms with E-state index in [0.717, 1.165) is 35.7 Å². The Morgan fingerprint density at radius 2 is 1.83 bits per heavy atom. The van der Waals surface area contributed by atoms with Gasteiger partial charge in [0, 0.05) is 11.7 Å². The average molecular weight is 277 g/mol. The third kappa shape index (κ3) is 5.21. The molecule has 1 aromatic carbocycles. The molecule has 0 spiro atoms. The maximum Gasteiger partial charge on any atom is 0.416 e. The Bertz CT molecular complexity index is 348. The lowest BCUT2D eigenvalue weighted by molar-refractivity contribution is -0.137. The molecule has 0 saturated heterocycles. The summed E-state index contributed by atoms with van der Waals surface area (Å²) in [6.45, 7) is 4.15. The van der Waals surface area contributed by atoms with E-state index in [1.54, 1.807) is 0 Å². The van der Waals surface area contributed by atoms with E-state index < -0.39 is 11.7 Å². The molecule has 1 N–H and O–H groups in total. The molecule has 0 saturated carbocycles. The molecule has 0 aromatic heterocycles. The Morgan fingerprint density at radius 1 is 1.22 bits per heavy atom. The first-order valence-corrected chi connectivity index (χ1v) is 7.10. The number of benzene rings is 1. The van der Waals surface area contributed by atoms with E-state index in [1.165, 1.54) is 12.1 Å². The molecule has 0 radical (unpaired) electrons. The van der Waals surface area contributed by atoms with E-state index in [2.05, 4.69) is 12.2 Å². The fourth-order valence-electron chi connectivity index (χ4n) is 1.52. The third-order valence-corrected chi connectivity index (χ3v) is 3.46. The van der Waals surface area contributed by atoms with Gasteiger partial charge in [0.15, 0.2) is 0 Å². The number of nitrogens with one attached hydrogen (secondary N) is 1. The number of hydrogen-bond acceptors (Lipinski definition) is 2. The van der Waals surface area contributed by atoms with Gasteiger partial charge in [-0.05, 0) is 49.1 Å². The first-order chi connectivity index (χ1) is 8.43. The van der Waals surface area contributed by atoms with E-state index in [1.807, 2.05) is 18.7 Å². The molecular weight excluding hydrogens is 259 g/mol. The predicted molar refractivity (Wildman–Crippen MR) is 72.1 cm³/mol. The van der Waals surface area contributed by atoms with Crippen molar-refractivity contribution >= 4 is 17.4 Å². The summed E-state index contributed by atoms with van der Waals surface area (Å²) in [4.78, 5) is 0. The van der Waals surface area contributed by atoms with Crippen LogP contribution in [0.3, 0.4) is 0 Å². The van der Waals surface area contributed by atoms with Gasteiger partial charge in [0.2, 0.25) is 0 Å². The summed E-state index contributed by atoms with van der Waals surface area (Å²) in [5.74, 6) is 2.15. The molecule has 1 unspecified atom stereocenters. The summed E-state index contributed by atoms with van der Waals surface area (Å²) in [7, 11) is 0. The molecule has 0 amide bonds. The van der Waals surface area contributed by atoms with Crippen molar-refractivity contribution < 1.29 is 13.2 Å². The number of halogens is 3. The van der Waals surface area contributed by atoms with Gasteiger partial charge in [0.05, 0.1) is 5.56 Å². The molecule has 0 bridgehead atoms. The Balaban J connectivity index is 2.48. The zero-order chi connectivity index (χ0) is 13.6. The van der Waals surface area contributed by atoms with E-state index in [-0.39, 0.29) is 6.04 Å². The fraction of sp³-hybridized carbons (Fsp3) is 0.538. The van der Waals surface area contributed by atoms with E-state index >= 15 is 0 Å². The summed E-state index contributed by atoms with van der Waals surface area (Å²) in [6.07, 6.45) is -3.26. The number of hydrogen-bond donors (Lipinski definition) is 1. The Hall–Kier alpha value is -0.840. The second kappa shape index (κ2) is 6.92. The van der Waals surface area contributed by atoms with E-state index in [4.69, 9.17) is 0 Å². The van der Waals surface area contributed by atoms with Crippen LogP contribution in [0.2, 0.25) is 0 Å². The van der Waals surface area contributed by atoms with Crippen LogP contribution in [-0.4, -0.2) is 17.5 Å². The fourth-order valence-corrected chi connectivity index (χ4v) is 2.33. The summed E-state index contributed by atoms with van der Waals surface area (Å²) < 4.78 is 37.1. The van der Waals surface area contributed by atoms with Gasteiger partial charge in [-0.1, -0.05) is 6.92 Å². The minimum atomic E-state index is -4.26. The van der Waals surface area contributed by atoms with Crippen molar-refractivity contribution in [3.8, 4) is 0 Å². The largest absolute Gasteiger partial charge is 0.416 e. The monoisotopic (exact) mass is 277 g/mol. The first-order valence-electron chi connectivity index (χ1n) is 5.95. The van der Waals surface area contributed by atoms with Crippen molar-refractivity contribution in [3.63, 3.8) is 0 Å². The van der Waals surface area contributed by atoms with Gasteiger partial charge >= 0.3 is 6.18 Å². The van der Waals surface area contributed by atoms with Gasteiger partial charge < -0.3 is 5.32 Å². The molecule has 1 nitrogen and oxygen atoms in total. The van der Waals surface area contributed by atoms with Crippen molar-refractivity contribution in [1.29, 1.82) is 0 Å². The Labute approximate surface area is 110 Å².